The summed E-state index contributed by atoms with van der Waals surface area (Å²) in [6.45, 7) is 5.77. The van der Waals surface area contributed by atoms with E-state index >= 15 is 0 Å². The lowest BCUT2D eigenvalue weighted by Crippen LogP contribution is -2.62. The van der Waals surface area contributed by atoms with Crippen molar-refractivity contribution in [1.82, 2.24) is 5.32 Å². The van der Waals surface area contributed by atoms with Crippen LogP contribution in [-0.2, 0) is 52.4 Å². The standard InChI is InChI=1S/C20H29NO11/c1-7-29-20(19(26)27-6)9-8-15(21-11(2)22)17(32-20)18(31-14(5)25)16(30-13(4)24)10-28-12(3)23/h8-9,15-18H,7,10H2,1-6H3,(H,21,22). The van der Waals surface area contributed by atoms with Crippen LogP contribution < -0.4 is 5.32 Å². The molecule has 180 valence electrons. The highest BCUT2D eigenvalue weighted by Gasteiger charge is 2.51. The third-order valence-corrected chi connectivity index (χ3v) is 4.15. The zero-order valence-electron chi connectivity index (χ0n) is 18.9. The predicted octanol–water partition coefficient (Wildman–Crippen LogP) is -0.222. The van der Waals surface area contributed by atoms with Crippen molar-refractivity contribution in [3.05, 3.63) is 12.2 Å². The predicted molar refractivity (Wildman–Crippen MR) is 106 cm³/mol. The second-order valence-electron chi connectivity index (χ2n) is 6.78. The van der Waals surface area contributed by atoms with Crippen molar-refractivity contribution >= 4 is 29.8 Å². The number of hydrogen-bond acceptors (Lipinski definition) is 11. The van der Waals surface area contributed by atoms with E-state index in [0.29, 0.717) is 0 Å². The maximum Gasteiger partial charge on any atom is 0.371 e. The second kappa shape index (κ2) is 12.2. The minimum absolute atomic E-state index is 0.0377. The van der Waals surface area contributed by atoms with E-state index in [1.807, 2.05) is 0 Å². The molecule has 0 aromatic carbocycles. The fraction of sp³-hybridized carbons (Fsp3) is 0.650. The Labute approximate surface area is 185 Å². The molecule has 5 atom stereocenters. The highest BCUT2D eigenvalue weighted by Crippen LogP contribution is 2.31. The molecule has 0 bridgehead atoms. The Morgan fingerprint density at radius 2 is 1.66 bits per heavy atom. The largest absolute Gasteiger partial charge is 0.465 e. The summed E-state index contributed by atoms with van der Waals surface area (Å²) in [6, 6.07) is -0.939. The van der Waals surface area contributed by atoms with Crippen molar-refractivity contribution in [2.45, 2.75) is 64.8 Å². The van der Waals surface area contributed by atoms with Gasteiger partial charge < -0.3 is 33.7 Å². The van der Waals surface area contributed by atoms with Gasteiger partial charge in [-0.2, -0.15) is 0 Å². The number of methoxy groups -OCH3 is 1. The van der Waals surface area contributed by atoms with E-state index in [-0.39, 0.29) is 6.61 Å². The van der Waals surface area contributed by atoms with E-state index in [2.05, 4.69) is 5.32 Å². The second-order valence-corrected chi connectivity index (χ2v) is 6.78. The summed E-state index contributed by atoms with van der Waals surface area (Å²) in [4.78, 5) is 59.1. The summed E-state index contributed by atoms with van der Waals surface area (Å²) in [6.07, 6.45) is -1.38. The number of hydrogen-bond donors (Lipinski definition) is 1. The molecule has 1 heterocycles. The van der Waals surface area contributed by atoms with Crippen LogP contribution in [0.15, 0.2) is 12.2 Å². The van der Waals surface area contributed by atoms with Gasteiger partial charge in [-0.25, -0.2) is 4.79 Å². The lowest BCUT2D eigenvalue weighted by atomic mass is 9.95. The summed E-state index contributed by atoms with van der Waals surface area (Å²) >= 11 is 0. The summed E-state index contributed by atoms with van der Waals surface area (Å²) in [5, 5.41) is 2.60. The first-order chi connectivity index (χ1) is 15.0. The van der Waals surface area contributed by atoms with Gasteiger partial charge >= 0.3 is 23.9 Å². The number of nitrogens with one attached hydrogen (secondary N) is 1. The van der Waals surface area contributed by atoms with Gasteiger partial charge in [0.1, 0.15) is 12.7 Å². The third kappa shape index (κ3) is 7.61. The Morgan fingerprint density at radius 1 is 1.03 bits per heavy atom. The molecule has 0 fully saturated rings. The van der Waals surface area contributed by atoms with Crippen LogP contribution in [-0.4, -0.2) is 80.2 Å². The Hall–Kier alpha value is -2.99. The molecule has 1 aliphatic heterocycles. The maximum absolute atomic E-state index is 12.5. The molecule has 1 rings (SSSR count). The van der Waals surface area contributed by atoms with Gasteiger partial charge in [-0.3, -0.25) is 19.2 Å². The molecule has 1 N–H and O–H groups in total. The number of esters is 4. The van der Waals surface area contributed by atoms with Crippen molar-refractivity contribution in [2.75, 3.05) is 20.3 Å². The quantitative estimate of drug-likeness (QED) is 0.262. The van der Waals surface area contributed by atoms with Crippen LogP contribution in [0.2, 0.25) is 0 Å². The van der Waals surface area contributed by atoms with Gasteiger partial charge in [0, 0.05) is 34.3 Å². The van der Waals surface area contributed by atoms with Crippen LogP contribution in [0, 0.1) is 0 Å². The van der Waals surface area contributed by atoms with Crippen LogP contribution in [0.1, 0.15) is 34.6 Å². The highest BCUT2D eigenvalue weighted by atomic mass is 16.7. The molecule has 0 saturated heterocycles. The normalized spacial score (nSPS) is 23.9. The van der Waals surface area contributed by atoms with E-state index in [9.17, 15) is 24.0 Å². The van der Waals surface area contributed by atoms with Crippen LogP contribution in [0.25, 0.3) is 0 Å². The first-order valence-corrected chi connectivity index (χ1v) is 9.80. The Balaban J connectivity index is 3.52. The molecule has 0 saturated carbocycles. The molecule has 0 aliphatic carbocycles. The van der Waals surface area contributed by atoms with Crippen LogP contribution >= 0.6 is 0 Å². The smallest absolute Gasteiger partial charge is 0.371 e. The molecular formula is C20H29NO11. The number of amides is 1. The number of ether oxygens (including phenoxy) is 6. The van der Waals surface area contributed by atoms with E-state index in [1.165, 1.54) is 19.1 Å². The highest BCUT2D eigenvalue weighted by molar-refractivity contribution is 5.81. The first-order valence-electron chi connectivity index (χ1n) is 9.80. The molecule has 5 unspecified atom stereocenters. The van der Waals surface area contributed by atoms with Crippen LogP contribution in [0.3, 0.4) is 0 Å². The summed E-state index contributed by atoms with van der Waals surface area (Å²) in [5.74, 6) is -5.61. The monoisotopic (exact) mass is 459 g/mol. The molecule has 0 spiro atoms. The van der Waals surface area contributed by atoms with Gasteiger partial charge in [-0.05, 0) is 13.0 Å². The van der Waals surface area contributed by atoms with Gasteiger partial charge in [0.15, 0.2) is 12.2 Å². The van der Waals surface area contributed by atoms with Gasteiger partial charge in [0.2, 0.25) is 5.91 Å². The van der Waals surface area contributed by atoms with Crippen molar-refractivity contribution in [2.24, 2.45) is 0 Å². The summed E-state index contributed by atoms with van der Waals surface area (Å²) in [7, 11) is 1.13. The molecular weight excluding hydrogens is 430 g/mol. The maximum atomic E-state index is 12.5. The first kappa shape index (κ1) is 27.0. The van der Waals surface area contributed by atoms with Gasteiger partial charge in [-0.1, -0.05) is 6.08 Å². The van der Waals surface area contributed by atoms with Crippen molar-refractivity contribution < 1.29 is 52.4 Å². The molecule has 0 aromatic heterocycles. The molecule has 1 aliphatic rings. The fourth-order valence-electron chi connectivity index (χ4n) is 3.06. The summed E-state index contributed by atoms with van der Waals surface area (Å²) < 4.78 is 31.7. The van der Waals surface area contributed by atoms with Gasteiger partial charge in [0.25, 0.3) is 5.79 Å². The lowest BCUT2D eigenvalue weighted by Gasteiger charge is -2.42. The van der Waals surface area contributed by atoms with Crippen LogP contribution in [0.5, 0.6) is 0 Å². The Bertz CT molecular complexity index is 750. The average Bonchev–Trinajstić information content (AvgIpc) is 2.69. The topological polar surface area (TPSA) is 153 Å². The molecule has 1 amide bonds. The molecule has 0 radical (unpaired) electrons. The fourth-order valence-corrected chi connectivity index (χ4v) is 3.06. The van der Waals surface area contributed by atoms with Crippen molar-refractivity contribution in [3.8, 4) is 0 Å². The third-order valence-electron chi connectivity index (χ3n) is 4.15. The molecule has 12 heteroatoms. The summed E-state index contributed by atoms with van der Waals surface area (Å²) in [5.41, 5.74) is 0. The number of carbonyl (C=O) groups is 5. The zero-order valence-corrected chi connectivity index (χ0v) is 18.9. The Morgan fingerprint density at radius 3 is 2.12 bits per heavy atom. The van der Waals surface area contributed by atoms with Crippen molar-refractivity contribution in [1.29, 1.82) is 0 Å². The zero-order chi connectivity index (χ0) is 24.5. The molecule has 0 aromatic rings. The van der Waals surface area contributed by atoms with E-state index in [1.54, 1.807) is 6.92 Å². The minimum atomic E-state index is -2.02. The number of rotatable bonds is 10. The molecule has 32 heavy (non-hydrogen) atoms. The lowest BCUT2D eigenvalue weighted by molar-refractivity contribution is -0.265. The van der Waals surface area contributed by atoms with Crippen LogP contribution in [0.4, 0.5) is 0 Å². The van der Waals surface area contributed by atoms with E-state index in [4.69, 9.17) is 28.4 Å². The van der Waals surface area contributed by atoms with E-state index in [0.717, 1.165) is 27.9 Å². The average molecular weight is 459 g/mol. The molecule has 12 nitrogen and oxygen atoms in total. The minimum Gasteiger partial charge on any atom is -0.465 e. The van der Waals surface area contributed by atoms with Crippen molar-refractivity contribution in [3.63, 3.8) is 0 Å². The van der Waals surface area contributed by atoms with Gasteiger partial charge in [-0.15, -0.1) is 0 Å². The van der Waals surface area contributed by atoms with Gasteiger partial charge in [0.05, 0.1) is 13.2 Å². The van der Waals surface area contributed by atoms with E-state index < -0.39 is 66.5 Å². The SMILES string of the molecule is CCOC1(C(=O)OC)C=CC(NC(C)=O)C(C(OC(C)=O)C(COC(C)=O)OC(C)=O)O1. The Kier molecular flexibility index (Phi) is 10.3. The number of carbonyl (C=O) groups excluding carboxylic acids is 5.